The minimum atomic E-state index is 0.354. The number of hydrogen-bond donors (Lipinski definition) is 1. The Labute approximate surface area is 131 Å². The largest absolute Gasteiger partial charge is 0.313 e. The van der Waals surface area contributed by atoms with Gasteiger partial charge in [-0.15, -0.1) is 11.8 Å². The molecule has 2 unspecified atom stereocenters. The third-order valence-corrected chi connectivity index (χ3v) is 5.70. The Morgan fingerprint density at radius 1 is 1.38 bits per heavy atom. The highest BCUT2D eigenvalue weighted by Crippen LogP contribution is 2.37. The van der Waals surface area contributed by atoms with Crippen molar-refractivity contribution in [3.63, 3.8) is 0 Å². The van der Waals surface area contributed by atoms with Crippen LogP contribution in [0.3, 0.4) is 0 Å². The molecule has 0 amide bonds. The smallest absolute Gasteiger partial charge is 0.0644 e. The molecule has 1 aliphatic heterocycles. The molecule has 3 rings (SSSR count). The summed E-state index contributed by atoms with van der Waals surface area (Å²) < 4.78 is 2.20. The van der Waals surface area contributed by atoms with Crippen molar-refractivity contribution in [1.29, 1.82) is 0 Å². The molecule has 112 valence electrons. The molecule has 0 spiro atoms. The van der Waals surface area contributed by atoms with Gasteiger partial charge in [-0.3, -0.25) is 4.68 Å². The summed E-state index contributed by atoms with van der Waals surface area (Å²) in [4.78, 5) is 1.44. The highest BCUT2D eigenvalue weighted by Gasteiger charge is 2.24. The fourth-order valence-corrected chi connectivity index (χ4v) is 4.51. The Balaban J connectivity index is 1.78. The zero-order valence-electron chi connectivity index (χ0n) is 13.2. The van der Waals surface area contributed by atoms with Crippen molar-refractivity contribution in [2.75, 3.05) is 7.05 Å². The van der Waals surface area contributed by atoms with Gasteiger partial charge in [0.1, 0.15) is 0 Å². The first kappa shape index (κ1) is 14.7. The standard InChI is InChI=1S/C17H23N3S/c1-11(18-4)17-12(2)19-20(13(17)3)10-15-9-14-7-5-6-8-16(14)21-15/h5-8,11,15,18H,9-10H2,1-4H3. The number of aromatic nitrogens is 2. The quantitative estimate of drug-likeness (QED) is 0.937. The van der Waals surface area contributed by atoms with Crippen LogP contribution in [0.2, 0.25) is 0 Å². The van der Waals surface area contributed by atoms with Crippen molar-refractivity contribution in [3.8, 4) is 0 Å². The first-order valence-electron chi connectivity index (χ1n) is 7.56. The number of nitrogens with zero attached hydrogens (tertiary/aromatic N) is 2. The van der Waals surface area contributed by atoms with E-state index in [1.165, 1.54) is 21.7 Å². The van der Waals surface area contributed by atoms with Gasteiger partial charge in [0, 0.05) is 27.4 Å². The zero-order valence-corrected chi connectivity index (χ0v) is 14.0. The number of rotatable bonds is 4. The van der Waals surface area contributed by atoms with Crippen molar-refractivity contribution in [3.05, 3.63) is 46.8 Å². The molecule has 4 heteroatoms. The van der Waals surface area contributed by atoms with Gasteiger partial charge in [-0.05, 0) is 45.9 Å². The van der Waals surface area contributed by atoms with Gasteiger partial charge in [0.15, 0.2) is 0 Å². The molecule has 0 bridgehead atoms. The summed E-state index contributed by atoms with van der Waals surface area (Å²) in [6.45, 7) is 7.49. The number of nitrogens with one attached hydrogen (secondary N) is 1. The van der Waals surface area contributed by atoms with Gasteiger partial charge in [-0.1, -0.05) is 18.2 Å². The average Bonchev–Trinajstić information content (AvgIpc) is 2.99. The van der Waals surface area contributed by atoms with Crippen LogP contribution in [-0.4, -0.2) is 22.1 Å². The topological polar surface area (TPSA) is 29.9 Å². The highest BCUT2D eigenvalue weighted by molar-refractivity contribution is 8.00. The number of hydrogen-bond acceptors (Lipinski definition) is 3. The van der Waals surface area contributed by atoms with E-state index in [0.717, 1.165) is 18.7 Å². The van der Waals surface area contributed by atoms with Crippen LogP contribution in [0.15, 0.2) is 29.2 Å². The van der Waals surface area contributed by atoms with Crippen LogP contribution in [0, 0.1) is 13.8 Å². The fraction of sp³-hybridized carbons (Fsp3) is 0.471. The number of aryl methyl sites for hydroxylation is 1. The van der Waals surface area contributed by atoms with Crippen LogP contribution in [0.5, 0.6) is 0 Å². The molecule has 1 N–H and O–H groups in total. The van der Waals surface area contributed by atoms with Crippen LogP contribution >= 0.6 is 11.8 Å². The lowest BCUT2D eigenvalue weighted by atomic mass is 10.1. The minimum Gasteiger partial charge on any atom is -0.313 e. The molecular weight excluding hydrogens is 278 g/mol. The van der Waals surface area contributed by atoms with Crippen LogP contribution in [0.1, 0.15) is 35.5 Å². The van der Waals surface area contributed by atoms with Crippen molar-refractivity contribution >= 4 is 11.8 Å². The lowest BCUT2D eigenvalue weighted by molar-refractivity contribution is 0.573. The molecule has 2 atom stereocenters. The Morgan fingerprint density at radius 2 is 2.14 bits per heavy atom. The maximum absolute atomic E-state index is 4.77. The minimum absolute atomic E-state index is 0.354. The lowest BCUT2D eigenvalue weighted by Gasteiger charge is -2.13. The van der Waals surface area contributed by atoms with Crippen LogP contribution in [0.25, 0.3) is 0 Å². The molecule has 0 radical (unpaired) electrons. The van der Waals surface area contributed by atoms with E-state index >= 15 is 0 Å². The SMILES string of the molecule is CNC(C)c1c(C)nn(CC2Cc3ccccc3S2)c1C. The molecular formula is C17H23N3S. The predicted molar refractivity (Wildman–Crippen MR) is 89.0 cm³/mol. The Kier molecular flexibility index (Phi) is 4.09. The molecule has 1 aromatic carbocycles. The molecule has 0 saturated heterocycles. The second-order valence-corrected chi connectivity index (χ2v) is 7.17. The monoisotopic (exact) mass is 301 g/mol. The number of fused-ring (bicyclic) bond motifs is 1. The summed E-state index contributed by atoms with van der Waals surface area (Å²) in [6.07, 6.45) is 1.15. The molecule has 2 heterocycles. The maximum atomic E-state index is 4.77. The number of thioether (sulfide) groups is 1. The second-order valence-electron chi connectivity index (χ2n) is 5.83. The van der Waals surface area contributed by atoms with E-state index in [1.54, 1.807) is 0 Å². The van der Waals surface area contributed by atoms with Crippen molar-refractivity contribution in [2.24, 2.45) is 0 Å². The second kappa shape index (κ2) is 5.85. The van der Waals surface area contributed by atoms with Crippen LogP contribution in [-0.2, 0) is 13.0 Å². The molecule has 1 aromatic heterocycles. The summed E-state index contributed by atoms with van der Waals surface area (Å²) in [5.41, 5.74) is 5.27. The van der Waals surface area contributed by atoms with E-state index in [-0.39, 0.29) is 0 Å². The van der Waals surface area contributed by atoms with Gasteiger partial charge in [0.05, 0.1) is 12.2 Å². The Morgan fingerprint density at radius 3 is 2.86 bits per heavy atom. The van der Waals surface area contributed by atoms with Gasteiger partial charge < -0.3 is 5.32 Å². The van der Waals surface area contributed by atoms with E-state index in [9.17, 15) is 0 Å². The van der Waals surface area contributed by atoms with E-state index in [2.05, 4.69) is 55.0 Å². The van der Waals surface area contributed by atoms with Crippen molar-refractivity contribution < 1.29 is 0 Å². The molecule has 1 aliphatic rings. The van der Waals surface area contributed by atoms with Crippen LogP contribution in [0.4, 0.5) is 0 Å². The lowest BCUT2D eigenvalue weighted by Crippen LogP contribution is -2.16. The maximum Gasteiger partial charge on any atom is 0.0644 e. The van der Waals surface area contributed by atoms with E-state index in [0.29, 0.717) is 11.3 Å². The normalized spacial score (nSPS) is 18.8. The van der Waals surface area contributed by atoms with Crippen molar-refractivity contribution in [1.82, 2.24) is 15.1 Å². The Bertz CT molecular complexity index is 622. The zero-order chi connectivity index (χ0) is 15.0. The third-order valence-electron chi connectivity index (χ3n) is 4.39. The van der Waals surface area contributed by atoms with Gasteiger partial charge in [-0.2, -0.15) is 5.10 Å². The van der Waals surface area contributed by atoms with E-state index in [4.69, 9.17) is 5.10 Å². The number of benzene rings is 1. The van der Waals surface area contributed by atoms with E-state index < -0.39 is 0 Å². The molecule has 0 fully saturated rings. The molecule has 2 aromatic rings. The molecule has 0 saturated carbocycles. The first-order chi connectivity index (χ1) is 10.1. The van der Waals surface area contributed by atoms with Gasteiger partial charge in [0.25, 0.3) is 0 Å². The average molecular weight is 301 g/mol. The van der Waals surface area contributed by atoms with Crippen molar-refractivity contribution in [2.45, 2.75) is 49.9 Å². The van der Waals surface area contributed by atoms with Crippen LogP contribution < -0.4 is 5.32 Å². The molecule has 21 heavy (non-hydrogen) atoms. The predicted octanol–water partition coefficient (Wildman–Crippen LogP) is 3.50. The summed E-state index contributed by atoms with van der Waals surface area (Å²) in [5, 5.41) is 8.69. The molecule has 0 aliphatic carbocycles. The van der Waals surface area contributed by atoms with Gasteiger partial charge >= 0.3 is 0 Å². The fourth-order valence-electron chi connectivity index (χ4n) is 3.21. The summed E-state index contributed by atoms with van der Waals surface area (Å²) in [7, 11) is 2.00. The van der Waals surface area contributed by atoms with Gasteiger partial charge in [0.2, 0.25) is 0 Å². The highest BCUT2D eigenvalue weighted by atomic mass is 32.2. The Hall–Kier alpha value is -1.26. The first-order valence-corrected chi connectivity index (χ1v) is 8.44. The van der Waals surface area contributed by atoms with E-state index in [1.807, 2.05) is 18.8 Å². The summed E-state index contributed by atoms with van der Waals surface area (Å²) in [6, 6.07) is 9.10. The summed E-state index contributed by atoms with van der Waals surface area (Å²) in [5.74, 6) is 0. The van der Waals surface area contributed by atoms with Gasteiger partial charge in [-0.25, -0.2) is 0 Å². The summed E-state index contributed by atoms with van der Waals surface area (Å²) >= 11 is 1.99. The molecule has 3 nitrogen and oxygen atoms in total. The third kappa shape index (κ3) is 2.74.